The van der Waals surface area contributed by atoms with Crippen molar-refractivity contribution >= 4 is 28.6 Å². The van der Waals surface area contributed by atoms with E-state index in [9.17, 15) is 9.90 Å². The highest BCUT2D eigenvalue weighted by molar-refractivity contribution is 7.22. The predicted molar refractivity (Wildman–Crippen MR) is 106 cm³/mol. The number of phenolic OH excluding ortho intramolecular Hbond substituents is 1. The molecule has 1 aliphatic heterocycles. The quantitative estimate of drug-likeness (QED) is 0.698. The number of thiazole rings is 1. The molecule has 3 heterocycles. The van der Waals surface area contributed by atoms with Crippen LogP contribution in [0, 0.1) is 6.92 Å². The molecule has 4 nitrogen and oxygen atoms in total. The summed E-state index contributed by atoms with van der Waals surface area (Å²) in [6.45, 7) is 3.44. The van der Waals surface area contributed by atoms with Crippen molar-refractivity contribution in [3.63, 3.8) is 0 Å². The molecule has 1 amide bonds. The maximum atomic E-state index is 13.0. The summed E-state index contributed by atoms with van der Waals surface area (Å²) in [5.74, 6) is 0.847. The van der Waals surface area contributed by atoms with Crippen LogP contribution in [0.15, 0.2) is 41.8 Å². The van der Waals surface area contributed by atoms with Crippen LogP contribution in [0.1, 0.15) is 39.7 Å². The van der Waals surface area contributed by atoms with Crippen molar-refractivity contribution in [3.8, 4) is 15.6 Å². The van der Waals surface area contributed by atoms with Crippen molar-refractivity contribution in [1.29, 1.82) is 0 Å². The van der Waals surface area contributed by atoms with E-state index in [4.69, 9.17) is 0 Å². The summed E-state index contributed by atoms with van der Waals surface area (Å²) in [5, 5.41) is 12.4. The van der Waals surface area contributed by atoms with Crippen molar-refractivity contribution in [2.24, 2.45) is 0 Å². The smallest absolute Gasteiger partial charge is 0.265 e. The Labute approximate surface area is 160 Å². The summed E-state index contributed by atoms with van der Waals surface area (Å²) in [6.07, 6.45) is 1.90. The molecule has 1 aromatic carbocycles. The molecule has 0 radical (unpaired) electrons. The fourth-order valence-corrected chi connectivity index (χ4v) is 5.24. The number of aryl methyl sites for hydroxylation is 1. The van der Waals surface area contributed by atoms with Crippen LogP contribution in [0.4, 0.5) is 0 Å². The van der Waals surface area contributed by atoms with Gasteiger partial charge in [-0.3, -0.25) is 4.79 Å². The Balaban J connectivity index is 1.44. The number of benzene rings is 1. The van der Waals surface area contributed by atoms with E-state index >= 15 is 0 Å². The number of hydrogen-bond donors (Lipinski definition) is 1. The largest absolute Gasteiger partial charge is 0.508 e. The first-order valence-corrected chi connectivity index (χ1v) is 10.4. The van der Waals surface area contributed by atoms with E-state index in [1.54, 1.807) is 23.5 Å². The number of nitrogens with zero attached hydrogens (tertiary/aromatic N) is 2. The fourth-order valence-electron chi connectivity index (χ4n) is 3.41. The summed E-state index contributed by atoms with van der Waals surface area (Å²) in [4.78, 5) is 21.4. The maximum Gasteiger partial charge on any atom is 0.265 e. The number of hydrogen-bond acceptors (Lipinski definition) is 5. The molecule has 0 spiro atoms. The zero-order valence-corrected chi connectivity index (χ0v) is 16.1. The van der Waals surface area contributed by atoms with E-state index in [0.29, 0.717) is 11.7 Å². The Morgan fingerprint density at radius 3 is 2.58 bits per heavy atom. The van der Waals surface area contributed by atoms with Gasteiger partial charge in [-0.05, 0) is 54.8 Å². The van der Waals surface area contributed by atoms with E-state index in [0.717, 1.165) is 46.4 Å². The summed E-state index contributed by atoms with van der Waals surface area (Å²) in [6, 6.07) is 11.5. The van der Waals surface area contributed by atoms with Gasteiger partial charge in [-0.2, -0.15) is 0 Å². The molecule has 2 aromatic heterocycles. The van der Waals surface area contributed by atoms with Crippen molar-refractivity contribution in [2.75, 3.05) is 13.1 Å². The molecule has 1 N–H and O–H groups in total. The second-order valence-corrected chi connectivity index (χ2v) is 8.52. The van der Waals surface area contributed by atoms with Crippen molar-refractivity contribution in [1.82, 2.24) is 9.88 Å². The first-order valence-electron chi connectivity index (χ1n) is 8.71. The number of phenols is 1. The predicted octanol–water partition coefficient (Wildman–Crippen LogP) is 4.91. The minimum atomic E-state index is 0.104. The van der Waals surface area contributed by atoms with Crippen LogP contribution in [0.2, 0.25) is 0 Å². The van der Waals surface area contributed by atoms with Gasteiger partial charge in [-0.25, -0.2) is 4.98 Å². The average molecular weight is 385 g/mol. The fraction of sp³-hybridized carbons (Fsp3) is 0.300. The van der Waals surface area contributed by atoms with Crippen LogP contribution in [0.5, 0.6) is 5.75 Å². The molecule has 26 heavy (non-hydrogen) atoms. The Bertz CT molecular complexity index is 893. The lowest BCUT2D eigenvalue weighted by atomic mass is 9.89. The number of carbonyl (C=O) groups is 1. The van der Waals surface area contributed by atoms with Crippen LogP contribution < -0.4 is 0 Å². The topological polar surface area (TPSA) is 53.4 Å². The van der Waals surface area contributed by atoms with Gasteiger partial charge in [-0.1, -0.05) is 18.2 Å². The van der Waals surface area contributed by atoms with Crippen LogP contribution in [-0.4, -0.2) is 34.0 Å². The number of carbonyl (C=O) groups excluding carboxylic acids is 1. The monoisotopic (exact) mass is 384 g/mol. The zero-order valence-electron chi connectivity index (χ0n) is 14.5. The number of piperidine rings is 1. The number of thiophene rings is 1. The van der Waals surface area contributed by atoms with Gasteiger partial charge in [0.15, 0.2) is 0 Å². The molecular formula is C20H20N2O2S2. The summed E-state index contributed by atoms with van der Waals surface area (Å²) in [5.41, 5.74) is 2.06. The molecule has 0 bridgehead atoms. The Kier molecular flexibility index (Phi) is 4.78. The van der Waals surface area contributed by atoms with Gasteiger partial charge in [0.05, 0.1) is 10.6 Å². The van der Waals surface area contributed by atoms with Gasteiger partial charge in [-0.15, -0.1) is 22.7 Å². The van der Waals surface area contributed by atoms with Crippen LogP contribution in [0.3, 0.4) is 0 Å². The summed E-state index contributed by atoms with van der Waals surface area (Å²) < 4.78 is 0. The summed E-state index contributed by atoms with van der Waals surface area (Å²) in [7, 11) is 0. The molecule has 1 aliphatic rings. The Hall–Kier alpha value is -2.18. The molecule has 1 saturated heterocycles. The highest BCUT2D eigenvalue weighted by Crippen LogP contribution is 2.34. The minimum absolute atomic E-state index is 0.104. The third-order valence-electron chi connectivity index (χ3n) is 4.87. The van der Waals surface area contributed by atoms with E-state index in [-0.39, 0.29) is 5.91 Å². The third kappa shape index (κ3) is 3.39. The first kappa shape index (κ1) is 17.2. The lowest BCUT2D eigenvalue weighted by Crippen LogP contribution is -2.37. The van der Waals surface area contributed by atoms with E-state index in [1.807, 2.05) is 41.5 Å². The molecule has 4 rings (SSSR count). The van der Waals surface area contributed by atoms with E-state index < -0.39 is 0 Å². The molecule has 1 fully saturated rings. The number of aromatic nitrogens is 1. The van der Waals surface area contributed by atoms with E-state index in [1.165, 1.54) is 16.9 Å². The van der Waals surface area contributed by atoms with Crippen LogP contribution in [0.25, 0.3) is 9.88 Å². The average Bonchev–Trinajstić information content (AvgIpc) is 3.31. The molecule has 0 aliphatic carbocycles. The molecule has 3 aromatic rings. The highest BCUT2D eigenvalue weighted by atomic mass is 32.1. The van der Waals surface area contributed by atoms with Gasteiger partial charge in [0, 0.05) is 13.1 Å². The second-order valence-electron chi connectivity index (χ2n) is 6.57. The van der Waals surface area contributed by atoms with Crippen LogP contribution >= 0.6 is 22.7 Å². The number of likely N-dealkylation sites (tertiary alicyclic amines) is 1. The van der Waals surface area contributed by atoms with Crippen molar-refractivity contribution in [3.05, 3.63) is 57.9 Å². The maximum absolute atomic E-state index is 13.0. The Morgan fingerprint density at radius 2 is 1.92 bits per heavy atom. The Morgan fingerprint density at radius 1 is 1.19 bits per heavy atom. The normalized spacial score (nSPS) is 15.3. The second kappa shape index (κ2) is 7.21. The zero-order chi connectivity index (χ0) is 18.1. The molecular weight excluding hydrogens is 364 g/mol. The van der Waals surface area contributed by atoms with Crippen molar-refractivity contribution < 1.29 is 9.90 Å². The number of aromatic hydroxyl groups is 1. The lowest BCUT2D eigenvalue weighted by Gasteiger charge is -2.32. The van der Waals surface area contributed by atoms with Crippen LogP contribution in [-0.2, 0) is 0 Å². The minimum Gasteiger partial charge on any atom is -0.508 e. The van der Waals surface area contributed by atoms with Gasteiger partial charge >= 0.3 is 0 Å². The van der Waals surface area contributed by atoms with Gasteiger partial charge < -0.3 is 10.0 Å². The molecule has 134 valence electrons. The lowest BCUT2D eigenvalue weighted by molar-refractivity contribution is 0.0717. The molecule has 6 heteroatoms. The summed E-state index contributed by atoms with van der Waals surface area (Å²) >= 11 is 3.15. The van der Waals surface area contributed by atoms with Crippen molar-refractivity contribution in [2.45, 2.75) is 25.7 Å². The molecule has 0 unspecified atom stereocenters. The van der Waals surface area contributed by atoms with Gasteiger partial charge in [0.2, 0.25) is 0 Å². The highest BCUT2D eigenvalue weighted by Gasteiger charge is 2.27. The molecule has 0 atom stereocenters. The van der Waals surface area contributed by atoms with E-state index in [2.05, 4.69) is 4.98 Å². The third-order valence-corrected chi connectivity index (χ3v) is 7.05. The number of amides is 1. The SMILES string of the molecule is Cc1nc(-c2cccs2)sc1C(=O)N1CCC(c2ccc(O)cc2)CC1. The molecule has 0 saturated carbocycles. The first-order chi connectivity index (χ1) is 12.6. The van der Waals surface area contributed by atoms with Gasteiger partial charge in [0.25, 0.3) is 5.91 Å². The van der Waals surface area contributed by atoms with Gasteiger partial charge in [0.1, 0.15) is 15.6 Å². The number of rotatable bonds is 3. The standard InChI is InChI=1S/C20H20N2O2S2/c1-13-18(26-19(21-13)17-3-2-12-25-17)20(24)22-10-8-15(9-11-22)14-4-6-16(23)7-5-14/h2-7,12,15,23H,8-11H2,1H3.